The summed E-state index contributed by atoms with van der Waals surface area (Å²) in [5, 5.41) is 0. The van der Waals surface area contributed by atoms with Gasteiger partial charge in [-0.2, -0.15) is 0 Å². The number of rotatable bonds is 9. The molecule has 2 bridgehead atoms. The molecule has 0 aliphatic heterocycles. The van der Waals surface area contributed by atoms with Crippen LogP contribution in [0.15, 0.2) is 12.2 Å². The van der Waals surface area contributed by atoms with Gasteiger partial charge in [-0.25, -0.2) is 4.79 Å². The molecule has 0 aromatic carbocycles. The predicted octanol–water partition coefficient (Wildman–Crippen LogP) is 6.06. The monoisotopic (exact) mass is 368 g/mol. The van der Waals surface area contributed by atoms with Gasteiger partial charge in [0.05, 0.1) is 0 Å². The van der Waals surface area contributed by atoms with E-state index in [4.69, 9.17) is 11.2 Å². The fourth-order valence-electron chi connectivity index (χ4n) is 4.76. The minimum absolute atomic E-state index is 0.0827. The van der Waals surface area contributed by atoms with Crippen molar-refractivity contribution < 1.29 is 9.53 Å². The summed E-state index contributed by atoms with van der Waals surface area (Å²) in [5.41, 5.74) is 0.421. The van der Waals surface area contributed by atoms with E-state index in [0.717, 1.165) is 57.8 Å². The molecule has 0 unspecified atom stereocenters. The van der Waals surface area contributed by atoms with E-state index in [1.54, 1.807) is 6.08 Å². The van der Waals surface area contributed by atoms with E-state index in [-0.39, 0.29) is 22.9 Å². The molecule has 0 N–H and O–H groups in total. The topological polar surface area (TPSA) is 26.3 Å². The first-order valence-electron chi connectivity index (χ1n) is 10.7. The van der Waals surface area contributed by atoms with Gasteiger partial charge in [0.1, 0.15) is 6.10 Å². The SMILES string of the molecule is C#CCCCCC#CCCCC/C=C/C(=O)O[C@@H]1C[C@@H]2CC[C@@]1(C)C2(C)C. The normalized spacial score (nSPS) is 27.9. The van der Waals surface area contributed by atoms with Gasteiger partial charge in [0.2, 0.25) is 0 Å². The van der Waals surface area contributed by atoms with Crippen LogP contribution < -0.4 is 0 Å². The third-order valence-electron chi connectivity index (χ3n) is 7.15. The van der Waals surface area contributed by atoms with Crippen molar-refractivity contribution in [2.24, 2.45) is 16.7 Å². The number of hydrogen-bond donors (Lipinski definition) is 0. The van der Waals surface area contributed by atoms with Crippen LogP contribution in [0.4, 0.5) is 0 Å². The number of hydrogen-bond acceptors (Lipinski definition) is 2. The first-order chi connectivity index (χ1) is 12.9. The number of unbranched alkanes of at least 4 members (excludes halogenated alkanes) is 6. The van der Waals surface area contributed by atoms with Crippen LogP contribution in [0.3, 0.4) is 0 Å². The smallest absolute Gasteiger partial charge is 0.330 e. The van der Waals surface area contributed by atoms with Crippen LogP contribution in [-0.4, -0.2) is 12.1 Å². The van der Waals surface area contributed by atoms with Crippen molar-refractivity contribution in [2.75, 3.05) is 0 Å². The second-order valence-electron chi connectivity index (χ2n) is 8.95. The quantitative estimate of drug-likeness (QED) is 0.214. The number of ether oxygens (including phenoxy) is 1. The van der Waals surface area contributed by atoms with Crippen LogP contribution in [0.2, 0.25) is 0 Å². The van der Waals surface area contributed by atoms with Gasteiger partial charge in [0.25, 0.3) is 0 Å². The molecule has 0 heterocycles. The van der Waals surface area contributed by atoms with Crippen molar-refractivity contribution in [3.05, 3.63) is 12.2 Å². The molecular weight excluding hydrogens is 332 g/mol. The van der Waals surface area contributed by atoms with Crippen LogP contribution in [0.5, 0.6) is 0 Å². The van der Waals surface area contributed by atoms with E-state index in [1.807, 2.05) is 6.08 Å². The van der Waals surface area contributed by atoms with Crippen LogP contribution in [0, 0.1) is 40.9 Å². The molecular formula is C25H36O2. The Bertz CT molecular complexity index is 625. The lowest BCUT2D eigenvalue weighted by molar-refractivity contribution is -0.150. The van der Waals surface area contributed by atoms with Crippen molar-refractivity contribution in [2.45, 2.75) is 97.5 Å². The predicted molar refractivity (Wildman–Crippen MR) is 112 cm³/mol. The number of carbonyl (C=O) groups is 1. The van der Waals surface area contributed by atoms with Crippen LogP contribution in [0.25, 0.3) is 0 Å². The summed E-state index contributed by atoms with van der Waals surface area (Å²) >= 11 is 0. The molecule has 148 valence electrons. The molecule has 2 fully saturated rings. The third kappa shape index (κ3) is 5.42. The molecule has 0 amide bonds. The van der Waals surface area contributed by atoms with Crippen molar-refractivity contribution in [1.82, 2.24) is 0 Å². The summed E-state index contributed by atoms with van der Waals surface area (Å²) in [6, 6.07) is 0. The molecule has 0 spiro atoms. The second kappa shape index (κ2) is 10.0. The average Bonchev–Trinajstić information content (AvgIpc) is 2.96. The maximum absolute atomic E-state index is 12.2. The largest absolute Gasteiger partial charge is 0.459 e. The van der Waals surface area contributed by atoms with Gasteiger partial charge in [-0.1, -0.05) is 26.8 Å². The van der Waals surface area contributed by atoms with E-state index >= 15 is 0 Å². The number of esters is 1. The summed E-state index contributed by atoms with van der Waals surface area (Å²) in [4.78, 5) is 12.2. The Morgan fingerprint density at radius 1 is 1.11 bits per heavy atom. The minimum Gasteiger partial charge on any atom is -0.459 e. The Balaban J connectivity index is 1.57. The number of allylic oxidation sites excluding steroid dienone is 1. The summed E-state index contributed by atoms with van der Waals surface area (Å²) in [6.45, 7) is 6.99. The Morgan fingerprint density at radius 3 is 2.37 bits per heavy atom. The Morgan fingerprint density at radius 2 is 1.78 bits per heavy atom. The third-order valence-corrected chi connectivity index (χ3v) is 7.15. The lowest BCUT2D eigenvalue weighted by atomic mass is 9.70. The fourth-order valence-corrected chi connectivity index (χ4v) is 4.76. The number of terminal acetylenes is 1. The Hall–Kier alpha value is -1.67. The van der Waals surface area contributed by atoms with Gasteiger partial charge >= 0.3 is 5.97 Å². The number of carbonyl (C=O) groups excluding carboxylic acids is 1. The van der Waals surface area contributed by atoms with Crippen LogP contribution in [-0.2, 0) is 9.53 Å². The van der Waals surface area contributed by atoms with E-state index < -0.39 is 0 Å². The molecule has 0 aromatic heterocycles. The highest BCUT2D eigenvalue weighted by Crippen LogP contribution is 2.66. The lowest BCUT2D eigenvalue weighted by Crippen LogP contribution is -2.38. The molecule has 3 atom stereocenters. The van der Waals surface area contributed by atoms with Gasteiger partial charge in [0.15, 0.2) is 0 Å². The minimum atomic E-state index is -0.170. The maximum atomic E-state index is 12.2. The summed E-state index contributed by atoms with van der Waals surface area (Å²) < 4.78 is 5.82. The van der Waals surface area contributed by atoms with Gasteiger partial charge in [-0.3, -0.25) is 0 Å². The van der Waals surface area contributed by atoms with Crippen molar-refractivity contribution in [1.29, 1.82) is 0 Å². The average molecular weight is 369 g/mol. The van der Waals surface area contributed by atoms with E-state index in [0.29, 0.717) is 5.92 Å². The Kier molecular flexibility index (Phi) is 8.04. The second-order valence-corrected chi connectivity index (χ2v) is 8.95. The van der Waals surface area contributed by atoms with Crippen molar-refractivity contribution >= 4 is 5.97 Å². The molecule has 2 aliphatic rings. The summed E-state index contributed by atoms with van der Waals surface area (Å²) in [7, 11) is 0. The molecule has 2 rings (SSSR count). The van der Waals surface area contributed by atoms with Gasteiger partial charge < -0.3 is 4.74 Å². The molecule has 2 nitrogen and oxygen atoms in total. The lowest BCUT2D eigenvalue weighted by Gasteiger charge is -2.38. The highest BCUT2D eigenvalue weighted by molar-refractivity contribution is 5.82. The molecule has 0 aromatic rings. The first-order valence-corrected chi connectivity index (χ1v) is 10.7. The summed E-state index contributed by atoms with van der Waals surface area (Å²) in [6.07, 6.45) is 20.3. The highest BCUT2D eigenvalue weighted by atomic mass is 16.5. The van der Waals surface area contributed by atoms with E-state index in [1.165, 1.54) is 12.8 Å². The van der Waals surface area contributed by atoms with Crippen LogP contribution in [0.1, 0.15) is 91.4 Å². The summed E-state index contributed by atoms with van der Waals surface area (Å²) in [5.74, 6) is 9.60. The van der Waals surface area contributed by atoms with Crippen molar-refractivity contribution in [3.8, 4) is 24.2 Å². The van der Waals surface area contributed by atoms with Crippen molar-refractivity contribution in [3.63, 3.8) is 0 Å². The molecule has 0 saturated heterocycles. The molecule has 27 heavy (non-hydrogen) atoms. The maximum Gasteiger partial charge on any atom is 0.330 e. The molecule has 2 heteroatoms. The fraction of sp³-hybridized carbons (Fsp3) is 0.720. The molecule has 0 radical (unpaired) electrons. The van der Waals surface area contributed by atoms with Gasteiger partial charge in [0, 0.05) is 30.8 Å². The van der Waals surface area contributed by atoms with Gasteiger partial charge in [-0.15, -0.1) is 24.2 Å². The van der Waals surface area contributed by atoms with E-state index in [2.05, 4.69) is 38.5 Å². The zero-order chi connectivity index (χ0) is 19.8. The standard InChI is InChI=1S/C25H36O2/c1-5-6-7-8-9-10-11-12-13-14-15-16-17-23(26)27-22-20-21-18-19-25(22,4)24(21,2)3/h1,16-17,21-22H,6-9,12-15,18-20H2,2-4H3/b17-16+/t21-,22+,25+/m0/s1. The highest BCUT2D eigenvalue weighted by Gasteiger charge is 2.62. The molecule has 2 aliphatic carbocycles. The number of fused-ring (bicyclic) bond motifs is 2. The van der Waals surface area contributed by atoms with Crippen LogP contribution >= 0.6 is 0 Å². The van der Waals surface area contributed by atoms with E-state index in [9.17, 15) is 4.79 Å². The zero-order valence-electron chi connectivity index (χ0n) is 17.5. The Labute approximate surface area is 166 Å². The first kappa shape index (κ1) is 21.6. The molecule has 2 saturated carbocycles. The zero-order valence-corrected chi connectivity index (χ0v) is 17.5. The van der Waals surface area contributed by atoms with Gasteiger partial charge in [-0.05, 0) is 62.7 Å².